The molecule has 2 aromatic carbocycles. The predicted octanol–water partition coefficient (Wildman–Crippen LogP) is 4.37. The minimum absolute atomic E-state index is 0.236. The second-order valence-electron chi connectivity index (χ2n) is 8.41. The number of hydrogen-bond donors (Lipinski definition) is 2. The Morgan fingerprint density at radius 3 is 2.27 bits per heavy atom. The number of anilines is 3. The van der Waals surface area contributed by atoms with Crippen LogP contribution >= 0.6 is 0 Å². The molecular formula is C23H33N3O3S. The van der Waals surface area contributed by atoms with E-state index in [0.29, 0.717) is 12.2 Å². The largest absolute Gasteiger partial charge is 0.381 e. The number of hydrogen-bond acceptors (Lipinski definition) is 5. The van der Waals surface area contributed by atoms with E-state index in [-0.39, 0.29) is 12.2 Å². The molecule has 1 fully saturated rings. The zero-order valence-electron chi connectivity index (χ0n) is 18.5. The number of rotatable bonds is 7. The summed E-state index contributed by atoms with van der Waals surface area (Å²) in [6.45, 7) is 12.1. The first-order valence-corrected chi connectivity index (χ1v) is 12.0. The minimum atomic E-state index is -3.32. The molecule has 7 heteroatoms. The lowest BCUT2D eigenvalue weighted by Gasteiger charge is -2.37. The van der Waals surface area contributed by atoms with Crippen molar-refractivity contribution in [2.45, 2.75) is 58.6 Å². The Morgan fingerprint density at radius 1 is 1.07 bits per heavy atom. The van der Waals surface area contributed by atoms with Crippen molar-refractivity contribution in [2.75, 3.05) is 28.0 Å². The molecule has 2 N–H and O–H groups in total. The van der Waals surface area contributed by atoms with Crippen LogP contribution in [0.1, 0.15) is 38.8 Å². The normalized spacial score (nSPS) is 19.7. The lowest BCUT2D eigenvalue weighted by Crippen LogP contribution is -2.45. The van der Waals surface area contributed by atoms with E-state index in [0.717, 1.165) is 24.3 Å². The van der Waals surface area contributed by atoms with E-state index in [1.165, 1.54) is 11.3 Å². The third kappa shape index (κ3) is 5.67. The summed E-state index contributed by atoms with van der Waals surface area (Å²) >= 11 is 0. The van der Waals surface area contributed by atoms with E-state index < -0.39 is 15.3 Å². The van der Waals surface area contributed by atoms with E-state index in [1.54, 1.807) is 26.0 Å². The first-order valence-electron chi connectivity index (χ1n) is 10.5. The molecule has 0 aliphatic carbocycles. The van der Waals surface area contributed by atoms with Crippen LogP contribution in [0.4, 0.5) is 17.1 Å². The minimum Gasteiger partial charge on any atom is -0.381 e. The quantitative estimate of drug-likeness (QED) is 0.681. The molecule has 30 heavy (non-hydrogen) atoms. The van der Waals surface area contributed by atoms with E-state index in [4.69, 9.17) is 4.74 Å². The van der Waals surface area contributed by atoms with Gasteiger partial charge in [-0.05, 0) is 76.1 Å². The van der Waals surface area contributed by atoms with Gasteiger partial charge in [0.25, 0.3) is 0 Å². The fraction of sp³-hybridized carbons (Fsp3) is 0.478. The number of nitrogens with one attached hydrogen (secondary N) is 2. The van der Waals surface area contributed by atoms with Gasteiger partial charge in [-0.1, -0.05) is 12.1 Å². The molecule has 1 saturated heterocycles. The number of sulfonamides is 1. The van der Waals surface area contributed by atoms with Crippen molar-refractivity contribution in [2.24, 2.45) is 0 Å². The van der Waals surface area contributed by atoms with Crippen LogP contribution in [0.25, 0.3) is 0 Å². The number of morpholine rings is 1. The van der Waals surface area contributed by atoms with Gasteiger partial charge in [-0.15, -0.1) is 0 Å². The third-order valence-electron chi connectivity index (χ3n) is 5.31. The summed E-state index contributed by atoms with van der Waals surface area (Å²) in [6.07, 6.45) is 0.472. The van der Waals surface area contributed by atoms with Gasteiger partial charge in [0.15, 0.2) is 0 Å². The molecule has 2 aromatic rings. The lowest BCUT2D eigenvalue weighted by atomic mass is 10.1. The second-order valence-corrected chi connectivity index (χ2v) is 10.6. The van der Waals surface area contributed by atoms with Crippen molar-refractivity contribution < 1.29 is 13.2 Å². The summed E-state index contributed by atoms with van der Waals surface area (Å²) in [7, 11) is -3.32. The van der Waals surface area contributed by atoms with Crippen LogP contribution in [0.3, 0.4) is 0 Å². The van der Waals surface area contributed by atoms with Crippen molar-refractivity contribution >= 4 is 27.1 Å². The van der Waals surface area contributed by atoms with E-state index in [2.05, 4.69) is 53.9 Å². The summed E-state index contributed by atoms with van der Waals surface area (Å²) in [5.74, 6) is 0. The molecule has 0 radical (unpaired) electrons. The summed E-state index contributed by atoms with van der Waals surface area (Å²) in [5, 5.41) is 3.02. The van der Waals surface area contributed by atoms with Crippen molar-refractivity contribution in [1.29, 1.82) is 0 Å². The van der Waals surface area contributed by atoms with Crippen LogP contribution < -0.4 is 14.9 Å². The molecule has 1 heterocycles. The summed E-state index contributed by atoms with van der Waals surface area (Å²) in [6, 6.07) is 14.0. The maximum atomic E-state index is 12.0. The van der Waals surface area contributed by atoms with Gasteiger partial charge < -0.3 is 15.0 Å². The maximum Gasteiger partial charge on any atom is 0.235 e. The van der Waals surface area contributed by atoms with Crippen LogP contribution in [-0.4, -0.2) is 39.0 Å². The Hall–Kier alpha value is -2.25. The third-order valence-corrected chi connectivity index (χ3v) is 7.07. The Bertz CT molecular complexity index is 948. The SMILES string of the molecule is Cc1cc(N2CC(C)O[C@H](C)C2)ccc1NCc1ccc(NS(=O)(=O)C(C)C)cc1. The molecule has 164 valence electrons. The summed E-state index contributed by atoms with van der Waals surface area (Å²) in [4.78, 5) is 2.38. The highest BCUT2D eigenvalue weighted by Crippen LogP contribution is 2.26. The predicted molar refractivity (Wildman–Crippen MR) is 125 cm³/mol. The molecule has 0 saturated carbocycles. The topological polar surface area (TPSA) is 70.7 Å². The fourth-order valence-corrected chi connectivity index (χ4v) is 4.30. The van der Waals surface area contributed by atoms with Gasteiger partial charge in [0.1, 0.15) is 0 Å². The number of aryl methyl sites for hydroxylation is 1. The van der Waals surface area contributed by atoms with E-state index >= 15 is 0 Å². The molecule has 0 spiro atoms. The first kappa shape index (κ1) is 22.4. The molecule has 0 amide bonds. The molecule has 3 rings (SSSR count). The highest BCUT2D eigenvalue weighted by atomic mass is 32.2. The van der Waals surface area contributed by atoms with Crippen LogP contribution in [0.2, 0.25) is 0 Å². The van der Waals surface area contributed by atoms with Crippen LogP contribution in [0.5, 0.6) is 0 Å². The average Bonchev–Trinajstić information content (AvgIpc) is 2.67. The van der Waals surface area contributed by atoms with Gasteiger partial charge in [-0.25, -0.2) is 8.42 Å². The zero-order valence-corrected chi connectivity index (χ0v) is 19.3. The Morgan fingerprint density at radius 2 is 1.70 bits per heavy atom. The molecule has 0 aromatic heterocycles. The molecule has 1 aliphatic heterocycles. The van der Waals surface area contributed by atoms with Crippen molar-refractivity contribution in [3.8, 4) is 0 Å². The highest BCUT2D eigenvalue weighted by Gasteiger charge is 2.22. The Labute approximate surface area is 180 Å². The molecule has 1 unspecified atom stereocenters. The van der Waals surface area contributed by atoms with Crippen LogP contribution in [0, 0.1) is 6.92 Å². The van der Waals surface area contributed by atoms with Crippen molar-refractivity contribution in [1.82, 2.24) is 0 Å². The molecular weight excluding hydrogens is 398 g/mol. The van der Waals surface area contributed by atoms with Gasteiger partial charge in [-0.3, -0.25) is 4.72 Å². The molecule has 2 atom stereocenters. The van der Waals surface area contributed by atoms with Crippen molar-refractivity contribution in [3.63, 3.8) is 0 Å². The highest BCUT2D eigenvalue weighted by molar-refractivity contribution is 7.93. The van der Waals surface area contributed by atoms with E-state index in [1.807, 2.05) is 12.1 Å². The smallest absolute Gasteiger partial charge is 0.235 e. The van der Waals surface area contributed by atoms with Gasteiger partial charge in [-0.2, -0.15) is 0 Å². The number of ether oxygens (including phenoxy) is 1. The Kier molecular flexibility index (Phi) is 6.93. The summed E-state index contributed by atoms with van der Waals surface area (Å²) < 4.78 is 32.4. The average molecular weight is 432 g/mol. The van der Waals surface area contributed by atoms with Gasteiger partial charge in [0, 0.05) is 36.7 Å². The molecule has 6 nitrogen and oxygen atoms in total. The van der Waals surface area contributed by atoms with Gasteiger partial charge in [0.2, 0.25) is 10.0 Å². The second kappa shape index (κ2) is 9.27. The standard InChI is InChI=1S/C23H33N3O3S/c1-16(2)30(27,28)25-21-8-6-20(7-9-21)13-24-23-11-10-22(12-17(23)3)26-14-18(4)29-19(5)15-26/h6-12,16,18-19,24-25H,13-15H2,1-5H3/t18-,19?/m1/s1. The lowest BCUT2D eigenvalue weighted by molar-refractivity contribution is -0.00522. The first-order chi connectivity index (χ1) is 14.1. The molecule has 0 bridgehead atoms. The van der Waals surface area contributed by atoms with Crippen LogP contribution in [0.15, 0.2) is 42.5 Å². The summed E-state index contributed by atoms with van der Waals surface area (Å²) in [5.41, 5.74) is 5.18. The van der Waals surface area contributed by atoms with Gasteiger partial charge in [0.05, 0.1) is 17.5 Å². The van der Waals surface area contributed by atoms with E-state index in [9.17, 15) is 8.42 Å². The Balaban J connectivity index is 1.61. The monoisotopic (exact) mass is 431 g/mol. The molecule has 1 aliphatic rings. The van der Waals surface area contributed by atoms with Crippen molar-refractivity contribution in [3.05, 3.63) is 53.6 Å². The van der Waals surface area contributed by atoms with Crippen LogP contribution in [-0.2, 0) is 21.3 Å². The zero-order chi connectivity index (χ0) is 21.9. The maximum absolute atomic E-state index is 12.0. The fourth-order valence-electron chi connectivity index (χ4n) is 3.60. The number of benzene rings is 2. The number of nitrogens with zero attached hydrogens (tertiary/aromatic N) is 1. The van der Waals surface area contributed by atoms with Gasteiger partial charge >= 0.3 is 0 Å².